The maximum Gasteiger partial charge on any atom is 0.320 e. The number of carbonyl (C=O) groups excluding carboxylic acids is 1. The third-order valence-electron chi connectivity index (χ3n) is 6.26. The van der Waals surface area contributed by atoms with Crippen LogP contribution in [0.3, 0.4) is 0 Å². The SMILES string of the molecule is O=C(N1CCCC1)N1CCOC[C@@]2(CCN(C3CCOCC3)C2)C1. The molecule has 1 atom stereocenters. The van der Waals surface area contributed by atoms with Gasteiger partial charge in [0.25, 0.3) is 0 Å². The standard InChI is InChI=1S/C18H31N3O3/c22-17(19-6-1-2-7-19)21-9-12-24-15-18(14-21)5-8-20(13-18)16-3-10-23-11-4-16/h16H,1-15H2/t18-/m1/s1. The molecule has 0 radical (unpaired) electrons. The lowest BCUT2D eigenvalue weighted by Gasteiger charge is -2.36. The number of likely N-dealkylation sites (tertiary alicyclic amines) is 2. The van der Waals surface area contributed by atoms with Crippen molar-refractivity contribution < 1.29 is 14.3 Å². The minimum absolute atomic E-state index is 0.129. The molecule has 0 unspecified atom stereocenters. The van der Waals surface area contributed by atoms with Gasteiger partial charge in [0.2, 0.25) is 0 Å². The Hall–Kier alpha value is -0.850. The Morgan fingerprint density at radius 1 is 0.875 bits per heavy atom. The van der Waals surface area contributed by atoms with E-state index in [1.807, 2.05) is 4.90 Å². The zero-order valence-corrected chi connectivity index (χ0v) is 14.8. The number of hydrogen-bond acceptors (Lipinski definition) is 4. The number of hydrogen-bond donors (Lipinski definition) is 0. The van der Waals surface area contributed by atoms with Crippen LogP contribution in [0.1, 0.15) is 32.1 Å². The minimum atomic E-state index is 0.129. The van der Waals surface area contributed by atoms with Gasteiger partial charge in [-0.1, -0.05) is 0 Å². The summed E-state index contributed by atoms with van der Waals surface area (Å²) in [5.41, 5.74) is 0.129. The molecule has 4 aliphatic rings. The molecule has 24 heavy (non-hydrogen) atoms. The molecule has 4 heterocycles. The summed E-state index contributed by atoms with van der Waals surface area (Å²) in [5, 5.41) is 0. The monoisotopic (exact) mass is 337 g/mol. The molecule has 4 fully saturated rings. The molecule has 0 N–H and O–H groups in total. The van der Waals surface area contributed by atoms with Gasteiger partial charge < -0.3 is 19.3 Å². The van der Waals surface area contributed by atoms with E-state index < -0.39 is 0 Å². The van der Waals surface area contributed by atoms with Crippen LogP contribution in [0.4, 0.5) is 4.79 Å². The number of carbonyl (C=O) groups is 1. The Morgan fingerprint density at radius 3 is 2.46 bits per heavy atom. The largest absolute Gasteiger partial charge is 0.381 e. The van der Waals surface area contributed by atoms with Crippen molar-refractivity contribution in [1.82, 2.24) is 14.7 Å². The summed E-state index contributed by atoms with van der Waals surface area (Å²) in [6, 6.07) is 0.894. The van der Waals surface area contributed by atoms with Gasteiger partial charge in [0.05, 0.1) is 13.2 Å². The van der Waals surface area contributed by atoms with E-state index in [0.717, 1.165) is 91.2 Å². The molecule has 136 valence electrons. The average Bonchev–Trinajstić information content (AvgIpc) is 3.24. The second kappa shape index (κ2) is 7.18. The summed E-state index contributed by atoms with van der Waals surface area (Å²) in [6.07, 6.45) is 5.74. The molecule has 4 saturated heterocycles. The molecule has 0 saturated carbocycles. The molecule has 0 aromatic heterocycles. The summed E-state index contributed by atoms with van der Waals surface area (Å²) in [4.78, 5) is 19.6. The number of urea groups is 1. The zero-order valence-electron chi connectivity index (χ0n) is 14.8. The van der Waals surface area contributed by atoms with Crippen molar-refractivity contribution in [1.29, 1.82) is 0 Å². The lowest BCUT2D eigenvalue weighted by atomic mass is 9.87. The lowest BCUT2D eigenvalue weighted by molar-refractivity contribution is 0.0289. The number of nitrogens with zero attached hydrogens (tertiary/aromatic N) is 3. The normalized spacial score (nSPS) is 33.3. The predicted octanol–water partition coefficient (Wildman–Crippen LogP) is 1.41. The van der Waals surface area contributed by atoms with Crippen molar-refractivity contribution >= 4 is 6.03 Å². The fourth-order valence-electron chi connectivity index (χ4n) is 4.84. The van der Waals surface area contributed by atoms with Gasteiger partial charge in [0.1, 0.15) is 0 Å². The second-order valence-corrected chi connectivity index (χ2v) is 8.01. The van der Waals surface area contributed by atoms with Crippen molar-refractivity contribution in [2.75, 3.05) is 65.7 Å². The minimum Gasteiger partial charge on any atom is -0.381 e. The van der Waals surface area contributed by atoms with Crippen LogP contribution < -0.4 is 0 Å². The van der Waals surface area contributed by atoms with Crippen LogP contribution in [0.2, 0.25) is 0 Å². The predicted molar refractivity (Wildman–Crippen MR) is 91.1 cm³/mol. The first-order chi connectivity index (χ1) is 11.8. The van der Waals surface area contributed by atoms with E-state index in [1.54, 1.807) is 0 Å². The maximum absolute atomic E-state index is 12.8. The van der Waals surface area contributed by atoms with Gasteiger partial charge in [-0.15, -0.1) is 0 Å². The van der Waals surface area contributed by atoms with Crippen LogP contribution in [0.5, 0.6) is 0 Å². The highest BCUT2D eigenvalue weighted by molar-refractivity contribution is 5.74. The molecule has 1 spiro atoms. The van der Waals surface area contributed by atoms with E-state index in [-0.39, 0.29) is 11.4 Å². The summed E-state index contributed by atoms with van der Waals surface area (Å²) < 4.78 is 11.5. The first-order valence-electron chi connectivity index (χ1n) is 9.69. The summed E-state index contributed by atoms with van der Waals surface area (Å²) in [6.45, 7) is 8.94. The highest BCUT2D eigenvalue weighted by Crippen LogP contribution is 2.36. The Morgan fingerprint density at radius 2 is 1.67 bits per heavy atom. The van der Waals surface area contributed by atoms with Crippen molar-refractivity contribution in [3.8, 4) is 0 Å². The third kappa shape index (κ3) is 3.41. The lowest BCUT2D eigenvalue weighted by Crippen LogP contribution is -2.48. The molecule has 6 heteroatoms. The van der Waals surface area contributed by atoms with Gasteiger partial charge in [0.15, 0.2) is 0 Å². The fourth-order valence-corrected chi connectivity index (χ4v) is 4.84. The van der Waals surface area contributed by atoms with Crippen LogP contribution >= 0.6 is 0 Å². The van der Waals surface area contributed by atoms with E-state index in [2.05, 4.69) is 9.80 Å². The molecular formula is C18H31N3O3. The van der Waals surface area contributed by atoms with Crippen molar-refractivity contribution in [3.05, 3.63) is 0 Å². The first kappa shape index (κ1) is 16.6. The maximum atomic E-state index is 12.8. The fraction of sp³-hybridized carbons (Fsp3) is 0.944. The van der Waals surface area contributed by atoms with Crippen molar-refractivity contribution in [3.63, 3.8) is 0 Å². The van der Waals surface area contributed by atoms with Crippen molar-refractivity contribution in [2.24, 2.45) is 5.41 Å². The van der Waals surface area contributed by atoms with Crippen molar-refractivity contribution in [2.45, 2.75) is 38.1 Å². The van der Waals surface area contributed by atoms with Crippen LogP contribution in [-0.2, 0) is 9.47 Å². The van der Waals surface area contributed by atoms with Gasteiger partial charge in [-0.3, -0.25) is 4.90 Å². The quantitative estimate of drug-likeness (QED) is 0.726. The van der Waals surface area contributed by atoms with Gasteiger partial charge in [0, 0.05) is 57.4 Å². The van der Waals surface area contributed by atoms with Gasteiger partial charge in [-0.2, -0.15) is 0 Å². The number of ether oxygens (including phenoxy) is 2. The van der Waals surface area contributed by atoms with Crippen LogP contribution in [0.25, 0.3) is 0 Å². The molecule has 4 rings (SSSR count). The van der Waals surface area contributed by atoms with E-state index >= 15 is 0 Å². The van der Waals surface area contributed by atoms with Crippen LogP contribution in [-0.4, -0.2) is 92.5 Å². The molecule has 4 aliphatic heterocycles. The molecule has 0 aromatic carbocycles. The van der Waals surface area contributed by atoms with E-state index in [0.29, 0.717) is 12.6 Å². The average molecular weight is 337 g/mol. The molecule has 2 amide bonds. The van der Waals surface area contributed by atoms with E-state index in [1.165, 1.54) is 0 Å². The number of amides is 2. The summed E-state index contributed by atoms with van der Waals surface area (Å²) in [7, 11) is 0. The molecule has 0 bridgehead atoms. The molecular weight excluding hydrogens is 306 g/mol. The zero-order chi connectivity index (χ0) is 16.4. The Bertz CT molecular complexity index is 449. The smallest absolute Gasteiger partial charge is 0.320 e. The molecule has 6 nitrogen and oxygen atoms in total. The number of rotatable bonds is 1. The first-order valence-corrected chi connectivity index (χ1v) is 9.69. The topological polar surface area (TPSA) is 45.2 Å². The Kier molecular flexibility index (Phi) is 4.97. The van der Waals surface area contributed by atoms with Crippen LogP contribution in [0, 0.1) is 5.41 Å². The highest BCUT2D eigenvalue weighted by Gasteiger charge is 2.44. The molecule has 0 aliphatic carbocycles. The van der Waals surface area contributed by atoms with E-state index in [4.69, 9.17) is 9.47 Å². The van der Waals surface area contributed by atoms with Crippen LogP contribution in [0.15, 0.2) is 0 Å². The molecule has 0 aromatic rings. The van der Waals surface area contributed by atoms with Gasteiger partial charge in [-0.05, 0) is 38.6 Å². The third-order valence-corrected chi connectivity index (χ3v) is 6.26. The Labute approximate surface area is 145 Å². The second-order valence-electron chi connectivity index (χ2n) is 8.01. The van der Waals surface area contributed by atoms with Gasteiger partial charge >= 0.3 is 6.03 Å². The van der Waals surface area contributed by atoms with E-state index in [9.17, 15) is 4.79 Å². The highest BCUT2D eigenvalue weighted by atomic mass is 16.5. The summed E-state index contributed by atoms with van der Waals surface area (Å²) >= 11 is 0. The Balaban J connectivity index is 1.41. The summed E-state index contributed by atoms with van der Waals surface area (Å²) in [5.74, 6) is 0. The van der Waals surface area contributed by atoms with Gasteiger partial charge in [-0.25, -0.2) is 4.79 Å².